The van der Waals surface area contributed by atoms with Crippen LogP contribution in [0.4, 0.5) is 0 Å². The first-order chi connectivity index (χ1) is 13.2. The Morgan fingerprint density at radius 2 is 1.30 bits per heavy atom. The lowest BCUT2D eigenvalue weighted by Crippen LogP contribution is -2.11. The number of nitrogens with zero attached hydrogens (tertiary/aromatic N) is 2. The highest BCUT2D eigenvalue weighted by molar-refractivity contribution is 5.94. The molecule has 0 fully saturated rings. The summed E-state index contributed by atoms with van der Waals surface area (Å²) in [5, 5.41) is 9.99. The topological polar surface area (TPSA) is 55.1 Å². The van der Waals surface area contributed by atoms with Gasteiger partial charge in [0.25, 0.3) is 0 Å². The quantitative estimate of drug-likeness (QED) is 0.551. The standard InChI is InChI=1S/C23H18N2O2/c26-23(27)21-20(18-12-6-2-7-13-18)24-22(19-14-8-3-9-15-19)25(21)16-17-10-4-1-5-11-17/h1-15H,16H2,(H,26,27). The molecule has 0 radical (unpaired) electrons. The molecule has 132 valence electrons. The Kier molecular flexibility index (Phi) is 4.54. The van der Waals surface area contributed by atoms with Crippen LogP contribution in [0.25, 0.3) is 22.6 Å². The van der Waals surface area contributed by atoms with Gasteiger partial charge in [0.05, 0.1) is 0 Å². The van der Waals surface area contributed by atoms with Crippen molar-refractivity contribution in [1.29, 1.82) is 0 Å². The van der Waals surface area contributed by atoms with Crippen molar-refractivity contribution in [2.45, 2.75) is 6.54 Å². The molecule has 0 unspecified atom stereocenters. The van der Waals surface area contributed by atoms with Crippen LogP contribution in [0, 0.1) is 0 Å². The lowest BCUT2D eigenvalue weighted by atomic mass is 10.1. The molecule has 1 aromatic heterocycles. The normalized spacial score (nSPS) is 10.7. The van der Waals surface area contributed by atoms with E-state index < -0.39 is 5.97 Å². The van der Waals surface area contributed by atoms with Gasteiger partial charge in [-0.05, 0) is 5.56 Å². The van der Waals surface area contributed by atoms with Crippen LogP contribution in [0.2, 0.25) is 0 Å². The van der Waals surface area contributed by atoms with Crippen molar-refractivity contribution in [3.05, 3.63) is 102 Å². The second-order valence-corrected chi connectivity index (χ2v) is 6.24. The molecule has 0 atom stereocenters. The predicted octanol–water partition coefficient (Wildman–Crippen LogP) is 4.96. The molecule has 27 heavy (non-hydrogen) atoms. The Balaban J connectivity index is 1.95. The monoisotopic (exact) mass is 354 g/mol. The summed E-state index contributed by atoms with van der Waals surface area (Å²) in [6.45, 7) is 0.437. The maximum absolute atomic E-state index is 12.2. The van der Waals surface area contributed by atoms with E-state index in [1.54, 1.807) is 4.57 Å². The summed E-state index contributed by atoms with van der Waals surface area (Å²) in [7, 11) is 0. The van der Waals surface area contributed by atoms with Gasteiger partial charge in [0.1, 0.15) is 11.5 Å². The summed E-state index contributed by atoms with van der Waals surface area (Å²) in [6, 6.07) is 29.0. The van der Waals surface area contributed by atoms with E-state index in [9.17, 15) is 9.90 Å². The minimum Gasteiger partial charge on any atom is -0.477 e. The number of aromatic nitrogens is 2. The molecule has 4 aromatic rings. The average molecular weight is 354 g/mol. The number of aromatic carboxylic acids is 1. The Bertz CT molecular complexity index is 1060. The minimum absolute atomic E-state index is 0.198. The van der Waals surface area contributed by atoms with Crippen molar-refractivity contribution in [1.82, 2.24) is 9.55 Å². The van der Waals surface area contributed by atoms with Gasteiger partial charge in [0.2, 0.25) is 0 Å². The first kappa shape index (κ1) is 16.8. The van der Waals surface area contributed by atoms with Crippen LogP contribution < -0.4 is 0 Å². The van der Waals surface area contributed by atoms with Crippen molar-refractivity contribution >= 4 is 5.97 Å². The van der Waals surface area contributed by atoms with E-state index >= 15 is 0 Å². The summed E-state index contributed by atoms with van der Waals surface area (Å²) in [4.78, 5) is 16.9. The van der Waals surface area contributed by atoms with Crippen LogP contribution in [0.1, 0.15) is 16.1 Å². The fourth-order valence-corrected chi connectivity index (χ4v) is 3.19. The molecule has 0 saturated carbocycles. The third-order valence-corrected chi connectivity index (χ3v) is 4.43. The van der Waals surface area contributed by atoms with Crippen LogP contribution in [0.15, 0.2) is 91.0 Å². The molecule has 0 saturated heterocycles. The van der Waals surface area contributed by atoms with Gasteiger partial charge >= 0.3 is 5.97 Å². The smallest absolute Gasteiger partial charge is 0.354 e. The third-order valence-electron chi connectivity index (χ3n) is 4.43. The van der Waals surface area contributed by atoms with E-state index in [0.29, 0.717) is 18.1 Å². The van der Waals surface area contributed by atoms with Gasteiger partial charge in [-0.15, -0.1) is 0 Å². The van der Waals surface area contributed by atoms with Gasteiger partial charge in [0, 0.05) is 17.7 Å². The zero-order valence-corrected chi connectivity index (χ0v) is 14.6. The first-order valence-corrected chi connectivity index (χ1v) is 8.72. The van der Waals surface area contributed by atoms with Crippen molar-refractivity contribution in [2.75, 3.05) is 0 Å². The highest BCUT2D eigenvalue weighted by Crippen LogP contribution is 2.30. The van der Waals surface area contributed by atoms with Gasteiger partial charge in [-0.2, -0.15) is 0 Å². The Labute approximate surface area is 157 Å². The number of carboxylic acids is 1. The van der Waals surface area contributed by atoms with Gasteiger partial charge in [-0.3, -0.25) is 0 Å². The number of hydrogen-bond acceptors (Lipinski definition) is 2. The van der Waals surface area contributed by atoms with Gasteiger partial charge in [0.15, 0.2) is 5.69 Å². The SMILES string of the molecule is O=C(O)c1c(-c2ccccc2)nc(-c2ccccc2)n1Cc1ccccc1. The average Bonchev–Trinajstić information content (AvgIpc) is 3.09. The lowest BCUT2D eigenvalue weighted by Gasteiger charge is -2.11. The molecular weight excluding hydrogens is 336 g/mol. The van der Waals surface area contributed by atoms with Crippen LogP contribution >= 0.6 is 0 Å². The van der Waals surface area contributed by atoms with Gasteiger partial charge < -0.3 is 9.67 Å². The summed E-state index contributed by atoms with van der Waals surface area (Å²) in [5.74, 6) is -0.338. The van der Waals surface area contributed by atoms with Crippen LogP contribution in [0.3, 0.4) is 0 Å². The molecule has 0 aliphatic rings. The summed E-state index contributed by atoms with van der Waals surface area (Å²) in [6.07, 6.45) is 0. The number of carbonyl (C=O) groups is 1. The lowest BCUT2D eigenvalue weighted by molar-refractivity contribution is 0.0686. The van der Waals surface area contributed by atoms with E-state index in [2.05, 4.69) is 0 Å². The molecule has 4 nitrogen and oxygen atoms in total. The van der Waals surface area contributed by atoms with Crippen LogP contribution in [0.5, 0.6) is 0 Å². The summed E-state index contributed by atoms with van der Waals surface area (Å²) < 4.78 is 1.79. The van der Waals surface area contributed by atoms with E-state index in [4.69, 9.17) is 4.98 Å². The van der Waals surface area contributed by atoms with Crippen molar-refractivity contribution in [3.63, 3.8) is 0 Å². The van der Waals surface area contributed by atoms with E-state index in [-0.39, 0.29) is 5.69 Å². The summed E-state index contributed by atoms with van der Waals surface area (Å²) in [5.41, 5.74) is 3.38. The van der Waals surface area contributed by atoms with Crippen molar-refractivity contribution in [3.8, 4) is 22.6 Å². The zero-order valence-electron chi connectivity index (χ0n) is 14.6. The number of imidazole rings is 1. The van der Waals surface area contributed by atoms with E-state index in [0.717, 1.165) is 16.7 Å². The third kappa shape index (κ3) is 3.37. The van der Waals surface area contributed by atoms with Crippen molar-refractivity contribution < 1.29 is 9.90 Å². The molecule has 4 rings (SSSR count). The molecule has 1 N–H and O–H groups in total. The predicted molar refractivity (Wildman–Crippen MR) is 106 cm³/mol. The zero-order chi connectivity index (χ0) is 18.6. The molecule has 4 heteroatoms. The molecule has 0 bridgehead atoms. The molecule has 0 spiro atoms. The van der Waals surface area contributed by atoms with Gasteiger partial charge in [-0.25, -0.2) is 9.78 Å². The molecule has 1 heterocycles. The number of benzene rings is 3. The highest BCUT2D eigenvalue weighted by Gasteiger charge is 2.24. The van der Waals surface area contributed by atoms with Crippen LogP contribution in [-0.4, -0.2) is 20.6 Å². The number of hydrogen-bond donors (Lipinski definition) is 1. The maximum Gasteiger partial charge on any atom is 0.354 e. The first-order valence-electron chi connectivity index (χ1n) is 8.72. The molecule has 0 aliphatic carbocycles. The second kappa shape index (κ2) is 7.30. The summed E-state index contributed by atoms with van der Waals surface area (Å²) >= 11 is 0. The molecule has 0 amide bonds. The maximum atomic E-state index is 12.2. The Hall–Kier alpha value is -3.66. The molecule has 0 aliphatic heterocycles. The van der Waals surface area contributed by atoms with Crippen LogP contribution in [-0.2, 0) is 6.54 Å². The fraction of sp³-hybridized carbons (Fsp3) is 0.0435. The Morgan fingerprint density at radius 1 is 0.778 bits per heavy atom. The molecule has 3 aromatic carbocycles. The fourth-order valence-electron chi connectivity index (χ4n) is 3.19. The van der Waals surface area contributed by atoms with Crippen molar-refractivity contribution in [2.24, 2.45) is 0 Å². The largest absolute Gasteiger partial charge is 0.477 e. The highest BCUT2D eigenvalue weighted by atomic mass is 16.4. The second-order valence-electron chi connectivity index (χ2n) is 6.24. The number of carboxylic acid groups (broad SMARTS) is 1. The van der Waals surface area contributed by atoms with E-state index in [1.807, 2.05) is 91.0 Å². The van der Waals surface area contributed by atoms with Gasteiger partial charge in [-0.1, -0.05) is 91.0 Å². The minimum atomic E-state index is -0.987. The number of rotatable bonds is 5. The van der Waals surface area contributed by atoms with E-state index in [1.165, 1.54) is 0 Å². The Morgan fingerprint density at radius 3 is 1.85 bits per heavy atom. The molecular formula is C23H18N2O2.